The van der Waals surface area contributed by atoms with E-state index in [4.69, 9.17) is 0 Å². The number of ketones is 1. The predicted molar refractivity (Wildman–Crippen MR) is 83.7 cm³/mol. The highest BCUT2D eigenvalue weighted by Gasteiger charge is 2.12. The van der Waals surface area contributed by atoms with E-state index in [1.165, 1.54) is 5.56 Å². The van der Waals surface area contributed by atoms with Crippen LogP contribution in [-0.4, -0.2) is 38.0 Å². The van der Waals surface area contributed by atoms with E-state index in [2.05, 4.69) is 33.3 Å². The normalized spacial score (nSPS) is 10.8. The largest absolute Gasteiger partial charge is 1.00 e. The molecule has 0 aromatic heterocycles. The Bertz CT molecular complexity index is 570. The lowest BCUT2D eigenvalue weighted by molar-refractivity contribution is -0.869. The molecular formula is C18H22INO. The van der Waals surface area contributed by atoms with E-state index in [1.54, 1.807) is 0 Å². The molecule has 21 heavy (non-hydrogen) atoms. The SMILES string of the molecule is C[N+](C)(C)CCC(=O)c1ccc(-c2ccccc2)cc1.[I-]. The summed E-state index contributed by atoms with van der Waals surface area (Å²) in [6.07, 6.45) is 0.591. The highest BCUT2D eigenvalue weighted by atomic mass is 127. The Balaban J connectivity index is 0.00000220. The Labute approximate surface area is 144 Å². The van der Waals surface area contributed by atoms with Crippen molar-refractivity contribution in [1.82, 2.24) is 0 Å². The van der Waals surface area contributed by atoms with Gasteiger partial charge in [-0.15, -0.1) is 0 Å². The van der Waals surface area contributed by atoms with Crippen molar-refractivity contribution in [3.05, 3.63) is 60.2 Å². The number of rotatable bonds is 5. The Morgan fingerprint density at radius 3 is 1.90 bits per heavy atom. The first-order valence-electron chi connectivity index (χ1n) is 6.95. The molecule has 0 heterocycles. The number of hydrogen-bond acceptors (Lipinski definition) is 1. The second-order valence-corrected chi connectivity index (χ2v) is 6.13. The molecule has 0 N–H and O–H groups in total. The van der Waals surface area contributed by atoms with E-state index in [-0.39, 0.29) is 29.8 Å². The van der Waals surface area contributed by atoms with Gasteiger partial charge in [-0.25, -0.2) is 0 Å². The number of nitrogens with zero attached hydrogens (tertiary/aromatic N) is 1. The maximum absolute atomic E-state index is 12.1. The van der Waals surface area contributed by atoms with Crippen LogP contribution in [0.1, 0.15) is 16.8 Å². The van der Waals surface area contributed by atoms with Gasteiger partial charge in [0.2, 0.25) is 0 Å². The molecule has 0 radical (unpaired) electrons. The van der Waals surface area contributed by atoms with Crippen molar-refractivity contribution in [3.8, 4) is 11.1 Å². The molecule has 0 fully saturated rings. The third-order valence-electron chi connectivity index (χ3n) is 3.32. The summed E-state index contributed by atoms with van der Waals surface area (Å²) < 4.78 is 0.813. The number of hydrogen-bond donors (Lipinski definition) is 0. The summed E-state index contributed by atoms with van der Waals surface area (Å²) >= 11 is 0. The van der Waals surface area contributed by atoms with Crippen LogP contribution in [0.25, 0.3) is 11.1 Å². The number of Topliss-reactive ketones (excluding diaryl/α,β-unsaturated/α-hetero) is 1. The maximum Gasteiger partial charge on any atom is 0.168 e. The molecule has 2 nitrogen and oxygen atoms in total. The van der Waals surface area contributed by atoms with E-state index >= 15 is 0 Å². The van der Waals surface area contributed by atoms with Crippen molar-refractivity contribution < 1.29 is 33.3 Å². The number of carbonyl (C=O) groups is 1. The van der Waals surface area contributed by atoms with Crippen LogP contribution in [0.2, 0.25) is 0 Å². The van der Waals surface area contributed by atoms with Gasteiger partial charge in [0.15, 0.2) is 5.78 Å². The standard InChI is InChI=1S/C18H22NO.HI/c1-19(2,3)14-13-18(20)17-11-9-16(10-12-17)15-7-5-4-6-8-15;/h4-12H,13-14H2,1-3H3;1H/q+1;/p-1. The molecule has 0 aliphatic heterocycles. The smallest absolute Gasteiger partial charge is 0.168 e. The van der Waals surface area contributed by atoms with Gasteiger partial charge in [0.05, 0.1) is 34.1 Å². The lowest BCUT2D eigenvalue weighted by Gasteiger charge is -2.23. The van der Waals surface area contributed by atoms with Gasteiger partial charge < -0.3 is 28.5 Å². The van der Waals surface area contributed by atoms with Crippen LogP contribution < -0.4 is 24.0 Å². The van der Waals surface area contributed by atoms with Crippen LogP contribution >= 0.6 is 0 Å². The average Bonchev–Trinajstić information content (AvgIpc) is 2.45. The van der Waals surface area contributed by atoms with Crippen LogP contribution in [-0.2, 0) is 0 Å². The van der Waals surface area contributed by atoms with Crippen LogP contribution in [0, 0.1) is 0 Å². The minimum atomic E-state index is 0. The van der Waals surface area contributed by atoms with Gasteiger partial charge in [-0.2, -0.15) is 0 Å². The lowest BCUT2D eigenvalue weighted by atomic mass is 10.0. The first kappa shape index (κ1) is 17.9. The molecule has 112 valence electrons. The minimum absolute atomic E-state index is 0. The molecule has 0 aliphatic rings. The van der Waals surface area contributed by atoms with Crippen LogP contribution in [0.4, 0.5) is 0 Å². The van der Waals surface area contributed by atoms with Gasteiger partial charge in [-0.05, 0) is 11.1 Å². The second-order valence-electron chi connectivity index (χ2n) is 6.13. The van der Waals surface area contributed by atoms with Crippen molar-refractivity contribution >= 4 is 5.78 Å². The fourth-order valence-electron chi connectivity index (χ4n) is 2.06. The summed E-state index contributed by atoms with van der Waals surface area (Å²) in [6, 6.07) is 18.1. The summed E-state index contributed by atoms with van der Waals surface area (Å²) in [5, 5.41) is 0. The Morgan fingerprint density at radius 2 is 1.38 bits per heavy atom. The highest BCUT2D eigenvalue weighted by molar-refractivity contribution is 5.96. The zero-order valence-corrected chi connectivity index (χ0v) is 15.0. The number of benzene rings is 2. The Morgan fingerprint density at radius 1 is 0.857 bits per heavy atom. The summed E-state index contributed by atoms with van der Waals surface area (Å²) in [5.74, 6) is 0.220. The van der Waals surface area contributed by atoms with Gasteiger partial charge in [-0.3, -0.25) is 4.79 Å². The quantitative estimate of drug-likeness (QED) is 0.413. The first-order valence-corrected chi connectivity index (χ1v) is 6.95. The summed E-state index contributed by atoms with van der Waals surface area (Å²) in [5.41, 5.74) is 3.13. The highest BCUT2D eigenvalue weighted by Crippen LogP contribution is 2.19. The van der Waals surface area contributed by atoms with Crippen molar-refractivity contribution in [2.75, 3.05) is 27.7 Å². The molecule has 0 atom stereocenters. The van der Waals surface area contributed by atoms with Crippen LogP contribution in [0.15, 0.2) is 54.6 Å². The van der Waals surface area contributed by atoms with Crippen molar-refractivity contribution in [2.45, 2.75) is 6.42 Å². The first-order chi connectivity index (χ1) is 9.46. The monoisotopic (exact) mass is 395 g/mol. The lowest BCUT2D eigenvalue weighted by Crippen LogP contribution is -3.00. The predicted octanol–water partition coefficient (Wildman–Crippen LogP) is 0.637. The molecular weight excluding hydrogens is 373 g/mol. The maximum atomic E-state index is 12.1. The molecule has 0 saturated heterocycles. The molecule has 0 unspecified atom stereocenters. The van der Waals surface area contributed by atoms with E-state index in [0.717, 1.165) is 22.2 Å². The van der Waals surface area contributed by atoms with Gasteiger partial charge in [0.25, 0.3) is 0 Å². The van der Waals surface area contributed by atoms with Gasteiger partial charge >= 0.3 is 0 Å². The minimum Gasteiger partial charge on any atom is -1.00 e. The molecule has 3 heteroatoms. The molecule has 0 saturated carbocycles. The fourth-order valence-corrected chi connectivity index (χ4v) is 2.06. The third-order valence-corrected chi connectivity index (χ3v) is 3.32. The topological polar surface area (TPSA) is 17.1 Å². The molecule has 0 aliphatic carbocycles. The summed E-state index contributed by atoms with van der Waals surface area (Å²) in [7, 11) is 6.31. The van der Waals surface area contributed by atoms with E-state index < -0.39 is 0 Å². The van der Waals surface area contributed by atoms with Gasteiger partial charge in [-0.1, -0.05) is 54.6 Å². The number of halogens is 1. The van der Waals surface area contributed by atoms with Crippen LogP contribution in [0.5, 0.6) is 0 Å². The Hall–Kier alpha value is -1.20. The number of quaternary nitrogens is 1. The molecule has 0 bridgehead atoms. The van der Waals surface area contributed by atoms with Crippen molar-refractivity contribution in [2.24, 2.45) is 0 Å². The van der Waals surface area contributed by atoms with Gasteiger partial charge in [0, 0.05) is 5.56 Å². The molecule has 0 amide bonds. The van der Waals surface area contributed by atoms with Gasteiger partial charge in [0.1, 0.15) is 0 Å². The van der Waals surface area contributed by atoms with E-state index in [1.807, 2.05) is 42.5 Å². The average molecular weight is 395 g/mol. The third kappa shape index (κ3) is 5.59. The summed E-state index contributed by atoms with van der Waals surface area (Å²) in [4.78, 5) is 12.1. The second kappa shape index (κ2) is 7.71. The molecule has 2 aromatic carbocycles. The number of carbonyl (C=O) groups excluding carboxylic acids is 1. The fraction of sp³-hybridized carbons (Fsp3) is 0.278. The van der Waals surface area contributed by atoms with Crippen LogP contribution in [0.3, 0.4) is 0 Å². The zero-order valence-electron chi connectivity index (χ0n) is 12.8. The van der Waals surface area contributed by atoms with Crippen molar-refractivity contribution in [1.29, 1.82) is 0 Å². The Kier molecular flexibility index (Phi) is 6.55. The molecule has 0 spiro atoms. The van der Waals surface area contributed by atoms with Crippen molar-refractivity contribution in [3.63, 3.8) is 0 Å². The molecule has 2 aromatic rings. The van der Waals surface area contributed by atoms with E-state index in [0.29, 0.717) is 6.42 Å². The molecule has 2 rings (SSSR count). The van der Waals surface area contributed by atoms with E-state index in [9.17, 15) is 4.79 Å². The zero-order chi connectivity index (χ0) is 14.6. The summed E-state index contributed by atoms with van der Waals surface area (Å²) in [6.45, 7) is 0.860.